The number of benzene rings is 1. The standard InChI is InChI=1S/C12H9ClN2O5/c1-20-6-2-3-8(13)9(4-6)15-5-7(11(17)18)10(16)14-12(15)19/h2-5H,1H3,(H,17,18)(H,14,16,19). The number of ether oxygens (including phenoxy) is 1. The Morgan fingerprint density at radius 3 is 2.70 bits per heavy atom. The summed E-state index contributed by atoms with van der Waals surface area (Å²) in [5, 5.41) is 9.11. The monoisotopic (exact) mass is 296 g/mol. The fourth-order valence-corrected chi connectivity index (χ4v) is 1.81. The summed E-state index contributed by atoms with van der Waals surface area (Å²) in [6.45, 7) is 0. The Balaban J connectivity index is 2.76. The van der Waals surface area contributed by atoms with Gasteiger partial charge in [-0.2, -0.15) is 0 Å². The summed E-state index contributed by atoms with van der Waals surface area (Å²) in [7, 11) is 1.44. The van der Waals surface area contributed by atoms with Crippen LogP contribution in [0.3, 0.4) is 0 Å². The van der Waals surface area contributed by atoms with Crippen molar-refractivity contribution in [2.45, 2.75) is 0 Å². The van der Waals surface area contributed by atoms with Gasteiger partial charge in [-0.3, -0.25) is 14.3 Å². The second kappa shape index (κ2) is 5.22. The van der Waals surface area contributed by atoms with Gasteiger partial charge in [0.1, 0.15) is 11.3 Å². The molecule has 0 saturated carbocycles. The Kier molecular flexibility index (Phi) is 3.62. The fraction of sp³-hybridized carbons (Fsp3) is 0.0833. The molecular formula is C12H9ClN2O5. The lowest BCUT2D eigenvalue weighted by atomic mass is 10.2. The lowest BCUT2D eigenvalue weighted by Gasteiger charge is -2.09. The molecule has 0 aliphatic heterocycles. The molecule has 1 aromatic heterocycles. The smallest absolute Gasteiger partial charge is 0.342 e. The van der Waals surface area contributed by atoms with Gasteiger partial charge in [0.05, 0.1) is 17.8 Å². The number of halogens is 1. The third-order valence-corrected chi connectivity index (χ3v) is 2.90. The molecule has 0 atom stereocenters. The topological polar surface area (TPSA) is 101 Å². The van der Waals surface area contributed by atoms with Gasteiger partial charge in [-0.15, -0.1) is 0 Å². The first-order valence-corrected chi connectivity index (χ1v) is 5.75. The van der Waals surface area contributed by atoms with Gasteiger partial charge in [0, 0.05) is 12.3 Å². The van der Waals surface area contributed by atoms with Crippen molar-refractivity contribution >= 4 is 17.6 Å². The van der Waals surface area contributed by atoms with E-state index in [-0.39, 0.29) is 10.7 Å². The van der Waals surface area contributed by atoms with Gasteiger partial charge < -0.3 is 9.84 Å². The molecule has 2 aromatic rings. The van der Waals surface area contributed by atoms with Gasteiger partial charge in [0.2, 0.25) is 0 Å². The van der Waals surface area contributed by atoms with Crippen molar-refractivity contribution in [2.24, 2.45) is 0 Å². The second-order valence-electron chi connectivity index (χ2n) is 3.79. The number of nitrogens with one attached hydrogen (secondary N) is 1. The minimum Gasteiger partial charge on any atom is -0.497 e. The van der Waals surface area contributed by atoms with Crippen LogP contribution < -0.4 is 16.0 Å². The third kappa shape index (κ3) is 2.43. The molecule has 0 aliphatic rings. The SMILES string of the molecule is COc1ccc(Cl)c(-n2cc(C(=O)O)c(=O)[nH]c2=O)c1. The second-order valence-corrected chi connectivity index (χ2v) is 4.20. The highest BCUT2D eigenvalue weighted by Gasteiger charge is 2.14. The number of nitrogens with zero attached hydrogens (tertiary/aromatic N) is 1. The number of aromatic carboxylic acids is 1. The van der Waals surface area contributed by atoms with Crippen LogP contribution in [0.1, 0.15) is 10.4 Å². The molecule has 0 amide bonds. The van der Waals surface area contributed by atoms with E-state index in [1.54, 1.807) is 6.07 Å². The Bertz CT molecular complexity index is 793. The number of aromatic nitrogens is 2. The van der Waals surface area contributed by atoms with Crippen LogP contribution in [0.5, 0.6) is 5.75 Å². The number of methoxy groups -OCH3 is 1. The third-order valence-electron chi connectivity index (χ3n) is 2.59. The largest absolute Gasteiger partial charge is 0.497 e. The van der Waals surface area contributed by atoms with E-state index in [1.807, 2.05) is 4.98 Å². The van der Waals surface area contributed by atoms with Crippen LogP contribution in [0, 0.1) is 0 Å². The number of hydrogen-bond donors (Lipinski definition) is 2. The number of carboxylic acids is 1. The first-order valence-electron chi connectivity index (χ1n) is 5.37. The minimum atomic E-state index is -1.45. The Morgan fingerprint density at radius 1 is 1.40 bits per heavy atom. The maximum absolute atomic E-state index is 11.8. The summed E-state index contributed by atoms with van der Waals surface area (Å²) in [5.74, 6) is -1.02. The summed E-state index contributed by atoms with van der Waals surface area (Å²) in [6, 6.07) is 4.53. The first kappa shape index (κ1) is 13.9. The quantitative estimate of drug-likeness (QED) is 0.875. The zero-order valence-electron chi connectivity index (χ0n) is 10.2. The summed E-state index contributed by atoms with van der Waals surface area (Å²) in [6.07, 6.45) is 0.921. The summed E-state index contributed by atoms with van der Waals surface area (Å²) in [4.78, 5) is 36.0. The Hall–Kier alpha value is -2.54. The summed E-state index contributed by atoms with van der Waals surface area (Å²) < 4.78 is 5.95. The lowest BCUT2D eigenvalue weighted by Crippen LogP contribution is -2.32. The van der Waals surface area contributed by atoms with Crippen molar-refractivity contribution in [3.63, 3.8) is 0 Å². The van der Waals surface area contributed by atoms with Gasteiger partial charge in [-0.05, 0) is 12.1 Å². The summed E-state index contributed by atoms with van der Waals surface area (Å²) >= 11 is 5.98. The van der Waals surface area contributed by atoms with Crippen molar-refractivity contribution in [3.05, 3.63) is 55.8 Å². The number of carboxylic acid groups (broad SMARTS) is 1. The summed E-state index contributed by atoms with van der Waals surface area (Å²) in [5.41, 5.74) is -2.13. The highest BCUT2D eigenvalue weighted by molar-refractivity contribution is 6.32. The highest BCUT2D eigenvalue weighted by atomic mass is 35.5. The van der Waals surface area contributed by atoms with Crippen LogP contribution in [-0.4, -0.2) is 27.7 Å². The number of H-pyrrole nitrogens is 1. The molecule has 104 valence electrons. The molecule has 0 unspecified atom stereocenters. The molecule has 0 bridgehead atoms. The van der Waals surface area contributed by atoms with Crippen LogP contribution in [0.15, 0.2) is 34.0 Å². The van der Waals surface area contributed by atoms with E-state index >= 15 is 0 Å². The van der Waals surface area contributed by atoms with E-state index in [4.69, 9.17) is 21.4 Å². The van der Waals surface area contributed by atoms with Crippen LogP contribution >= 0.6 is 11.6 Å². The van der Waals surface area contributed by atoms with Gasteiger partial charge in [-0.25, -0.2) is 9.59 Å². The van der Waals surface area contributed by atoms with Crippen molar-refractivity contribution < 1.29 is 14.6 Å². The van der Waals surface area contributed by atoms with Crippen LogP contribution in [0.2, 0.25) is 5.02 Å². The van der Waals surface area contributed by atoms with Crippen molar-refractivity contribution in [2.75, 3.05) is 7.11 Å². The molecule has 2 N–H and O–H groups in total. The van der Waals surface area contributed by atoms with E-state index < -0.39 is 22.8 Å². The van der Waals surface area contributed by atoms with Gasteiger partial charge in [0.25, 0.3) is 5.56 Å². The molecule has 0 spiro atoms. The molecular weight excluding hydrogens is 288 g/mol. The average molecular weight is 297 g/mol. The molecule has 0 radical (unpaired) electrons. The average Bonchev–Trinajstić information content (AvgIpc) is 2.39. The predicted octanol–water partition coefficient (Wildman–Crippen LogP) is 0.886. The minimum absolute atomic E-state index is 0.203. The first-order chi connectivity index (χ1) is 9.43. The zero-order chi connectivity index (χ0) is 14.9. The highest BCUT2D eigenvalue weighted by Crippen LogP contribution is 2.24. The number of carbonyl (C=O) groups is 1. The molecule has 7 nitrogen and oxygen atoms in total. The van der Waals surface area contributed by atoms with E-state index in [1.165, 1.54) is 19.2 Å². The molecule has 20 heavy (non-hydrogen) atoms. The Labute approximate surface area is 117 Å². The maximum Gasteiger partial charge on any atom is 0.342 e. The van der Waals surface area contributed by atoms with Crippen LogP contribution in [0.25, 0.3) is 5.69 Å². The number of aromatic amines is 1. The predicted molar refractivity (Wildman–Crippen MR) is 71.2 cm³/mol. The van der Waals surface area contributed by atoms with Crippen molar-refractivity contribution in [1.29, 1.82) is 0 Å². The van der Waals surface area contributed by atoms with E-state index in [0.29, 0.717) is 5.75 Å². The van der Waals surface area contributed by atoms with E-state index in [0.717, 1.165) is 10.8 Å². The number of rotatable bonds is 3. The number of hydrogen-bond acceptors (Lipinski definition) is 4. The van der Waals surface area contributed by atoms with Crippen molar-refractivity contribution in [3.8, 4) is 11.4 Å². The molecule has 0 fully saturated rings. The lowest BCUT2D eigenvalue weighted by molar-refractivity contribution is 0.0694. The van der Waals surface area contributed by atoms with Gasteiger partial charge in [0.15, 0.2) is 0 Å². The molecule has 0 saturated heterocycles. The van der Waals surface area contributed by atoms with E-state index in [2.05, 4.69) is 0 Å². The van der Waals surface area contributed by atoms with E-state index in [9.17, 15) is 14.4 Å². The van der Waals surface area contributed by atoms with Gasteiger partial charge in [-0.1, -0.05) is 11.6 Å². The molecule has 1 aromatic carbocycles. The molecule has 0 aliphatic carbocycles. The van der Waals surface area contributed by atoms with Crippen LogP contribution in [0.4, 0.5) is 0 Å². The fourth-order valence-electron chi connectivity index (χ4n) is 1.61. The molecule has 2 rings (SSSR count). The molecule has 1 heterocycles. The Morgan fingerprint density at radius 2 is 2.10 bits per heavy atom. The normalized spacial score (nSPS) is 10.3. The van der Waals surface area contributed by atoms with Crippen molar-refractivity contribution in [1.82, 2.24) is 9.55 Å². The van der Waals surface area contributed by atoms with Gasteiger partial charge >= 0.3 is 11.7 Å². The maximum atomic E-state index is 11.8. The molecule has 8 heteroatoms. The van der Waals surface area contributed by atoms with Crippen LogP contribution in [-0.2, 0) is 0 Å². The zero-order valence-corrected chi connectivity index (χ0v) is 11.0.